The molecule has 1 aliphatic rings. The standard InChI is InChI=1S/C20H21BrN2O2/c1-4-22-18-11-8-15(21)13-17(20(18)25)19(24)12-7-14-5-9-16(10-6-14)23(2)3/h5-10,12-13H,4,11H2,1-3H3/b12-7+,22-18?. The molecule has 0 heterocycles. The van der Waals surface area contributed by atoms with Gasteiger partial charge in [0.1, 0.15) is 0 Å². The topological polar surface area (TPSA) is 49.7 Å². The predicted molar refractivity (Wildman–Crippen MR) is 108 cm³/mol. The first-order valence-corrected chi connectivity index (χ1v) is 8.87. The molecule has 1 aliphatic carbocycles. The summed E-state index contributed by atoms with van der Waals surface area (Å²) in [6, 6.07) is 7.82. The van der Waals surface area contributed by atoms with Crippen LogP contribution in [0.4, 0.5) is 5.69 Å². The van der Waals surface area contributed by atoms with Crippen LogP contribution in [0.15, 0.2) is 57.5 Å². The Bertz CT molecular complexity index is 784. The van der Waals surface area contributed by atoms with Crippen LogP contribution < -0.4 is 4.90 Å². The SMILES string of the molecule is CCN=C1CC=C(Br)C=C(C(=O)/C=C/c2ccc(N(C)C)cc2)C1=O. The molecule has 0 fully saturated rings. The largest absolute Gasteiger partial charge is 0.378 e. The molecule has 4 nitrogen and oxygen atoms in total. The number of aliphatic imine (C=N–C) groups is 1. The molecule has 0 spiro atoms. The van der Waals surface area contributed by atoms with E-state index in [-0.39, 0.29) is 17.1 Å². The van der Waals surface area contributed by atoms with Crippen molar-refractivity contribution in [2.24, 2.45) is 4.99 Å². The van der Waals surface area contributed by atoms with Gasteiger partial charge in [-0.05, 0) is 36.8 Å². The molecule has 1 aromatic carbocycles. The number of hydrogen-bond acceptors (Lipinski definition) is 4. The molecule has 0 atom stereocenters. The first-order chi connectivity index (χ1) is 11.9. The lowest BCUT2D eigenvalue weighted by atomic mass is 10.0. The number of benzene rings is 1. The molecule has 0 amide bonds. The Morgan fingerprint density at radius 3 is 2.56 bits per heavy atom. The first-order valence-electron chi connectivity index (χ1n) is 8.07. The molecule has 0 saturated carbocycles. The van der Waals surface area contributed by atoms with Gasteiger partial charge in [-0.15, -0.1) is 0 Å². The molecule has 5 heteroatoms. The second-order valence-corrected chi connectivity index (χ2v) is 6.70. The lowest BCUT2D eigenvalue weighted by Gasteiger charge is -2.11. The van der Waals surface area contributed by atoms with Gasteiger partial charge in [-0.25, -0.2) is 0 Å². The number of ketones is 2. The summed E-state index contributed by atoms with van der Waals surface area (Å²) in [7, 11) is 3.94. The predicted octanol–water partition coefficient (Wildman–Crippen LogP) is 3.97. The Morgan fingerprint density at radius 1 is 1.28 bits per heavy atom. The van der Waals surface area contributed by atoms with Gasteiger partial charge < -0.3 is 4.90 Å². The summed E-state index contributed by atoms with van der Waals surface area (Å²) in [5.41, 5.74) is 2.53. The van der Waals surface area contributed by atoms with Crippen molar-refractivity contribution in [3.05, 3.63) is 58.1 Å². The third kappa shape index (κ3) is 5.10. The van der Waals surface area contributed by atoms with Crippen molar-refractivity contribution in [2.75, 3.05) is 25.5 Å². The van der Waals surface area contributed by atoms with Crippen molar-refractivity contribution in [1.82, 2.24) is 0 Å². The lowest BCUT2D eigenvalue weighted by molar-refractivity contribution is -0.116. The summed E-state index contributed by atoms with van der Waals surface area (Å²) in [4.78, 5) is 31.3. The molecule has 25 heavy (non-hydrogen) atoms. The number of anilines is 1. The van der Waals surface area contributed by atoms with Crippen molar-refractivity contribution in [1.29, 1.82) is 0 Å². The van der Waals surface area contributed by atoms with E-state index in [1.165, 1.54) is 6.08 Å². The fourth-order valence-corrected chi connectivity index (χ4v) is 2.75. The summed E-state index contributed by atoms with van der Waals surface area (Å²) >= 11 is 3.37. The van der Waals surface area contributed by atoms with Gasteiger partial charge >= 0.3 is 0 Å². The summed E-state index contributed by atoms with van der Waals surface area (Å²) in [6.07, 6.45) is 6.99. The highest BCUT2D eigenvalue weighted by molar-refractivity contribution is 9.11. The third-order valence-electron chi connectivity index (χ3n) is 3.73. The maximum atomic E-state index is 12.5. The zero-order valence-corrected chi connectivity index (χ0v) is 16.2. The number of halogens is 1. The fraction of sp³-hybridized carbons (Fsp3) is 0.250. The molecule has 0 saturated heterocycles. The van der Waals surface area contributed by atoms with Crippen LogP contribution in [0.2, 0.25) is 0 Å². The molecular weight excluding hydrogens is 380 g/mol. The van der Waals surface area contributed by atoms with Gasteiger partial charge in [-0.1, -0.05) is 40.2 Å². The summed E-state index contributed by atoms with van der Waals surface area (Å²) < 4.78 is 0.717. The number of hydrogen-bond donors (Lipinski definition) is 0. The van der Waals surface area contributed by atoms with Crippen LogP contribution in [0.25, 0.3) is 6.08 Å². The average Bonchev–Trinajstić information content (AvgIpc) is 2.73. The zero-order chi connectivity index (χ0) is 18.4. The van der Waals surface area contributed by atoms with Gasteiger partial charge in [0, 0.05) is 37.2 Å². The van der Waals surface area contributed by atoms with E-state index < -0.39 is 0 Å². The summed E-state index contributed by atoms with van der Waals surface area (Å²) in [5.74, 6) is -0.622. The van der Waals surface area contributed by atoms with Gasteiger partial charge in [-0.3, -0.25) is 14.6 Å². The van der Waals surface area contributed by atoms with Gasteiger partial charge in [0.05, 0.1) is 11.3 Å². The number of Topliss-reactive ketones (excluding diaryl/α,β-unsaturated/α-hetero) is 1. The quantitative estimate of drug-likeness (QED) is 0.554. The molecule has 130 valence electrons. The number of rotatable bonds is 5. The molecule has 0 unspecified atom stereocenters. The number of carbonyl (C=O) groups excluding carboxylic acids is 2. The normalized spacial score (nSPS) is 16.6. The molecule has 2 rings (SSSR count). The molecule has 0 N–H and O–H groups in total. The maximum Gasteiger partial charge on any atom is 0.211 e. The second-order valence-electron chi connectivity index (χ2n) is 5.78. The first kappa shape index (κ1) is 19.1. The Labute approximate surface area is 156 Å². The van der Waals surface area contributed by atoms with Crippen molar-refractivity contribution < 1.29 is 9.59 Å². The monoisotopic (exact) mass is 400 g/mol. The smallest absolute Gasteiger partial charge is 0.211 e. The second kappa shape index (κ2) is 8.72. The molecule has 1 aromatic rings. The number of nitrogens with zero attached hydrogens (tertiary/aromatic N) is 2. The van der Waals surface area contributed by atoms with Crippen LogP contribution in [-0.4, -0.2) is 37.9 Å². The zero-order valence-electron chi connectivity index (χ0n) is 14.6. The van der Waals surface area contributed by atoms with E-state index in [9.17, 15) is 9.59 Å². The lowest BCUT2D eigenvalue weighted by Crippen LogP contribution is -2.20. The Balaban J connectivity index is 2.22. The summed E-state index contributed by atoms with van der Waals surface area (Å²) in [6.45, 7) is 2.38. The highest BCUT2D eigenvalue weighted by Gasteiger charge is 2.23. The van der Waals surface area contributed by atoms with E-state index in [4.69, 9.17) is 0 Å². The molecular formula is C20H21BrN2O2. The minimum Gasteiger partial charge on any atom is -0.378 e. The van der Waals surface area contributed by atoms with E-state index in [0.29, 0.717) is 23.2 Å². The van der Waals surface area contributed by atoms with Crippen molar-refractivity contribution in [3.63, 3.8) is 0 Å². The van der Waals surface area contributed by atoms with E-state index in [2.05, 4.69) is 20.9 Å². The minimum atomic E-state index is -0.322. The summed E-state index contributed by atoms with van der Waals surface area (Å²) in [5, 5.41) is 0. The average molecular weight is 401 g/mol. The van der Waals surface area contributed by atoms with Crippen LogP contribution in [-0.2, 0) is 9.59 Å². The van der Waals surface area contributed by atoms with E-state index >= 15 is 0 Å². The maximum absolute atomic E-state index is 12.5. The molecule has 0 bridgehead atoms. The molecule has 0 aliphatic heterocycles. The van der Waals surface area contributed by atoms with E-state index in [0.717, 1.165) is 11.3 Å². The highest BCUT2D eigenvalue weighted by atomic mass is 79.9. The van der Waals surface area contributed by atoms with Gasteiger partial charge in [-0.2, -0.15) is 0 Å². The fourth-order valence-electron chi connectivity index (χ4n) is 2.36. The van der Waals surface area contributed by atoms with Crippen LogP contribution in [0.3, 0.4) is 0 Å². The van der Waals surface area contributed by atoms with Gasteiger partial charge in [0.25, 0.3) is 0 Å². The van der Waals surface area contributed by atoms with E-state index in [1.807, 2.05) is 56.3 Å². The Kier molecular flexibility index (Phi) is 6.65. The van der Waals surface area contributed by atoms with Crippen molar-refractivity contribution >= 4 is 45.0 Å². The highest BCUT2D eigenvalue weighted by Crippen LogP contribution is 2.19. The third-order valence-corrected chi connectivity index (χ3v) is 4.28. The van der Waals surface area contributed by atoms with Crippen LogP contribution in [0.5, 0.6) is 0 Å². The number of carbonyl (C=O) groups is 2. The minimum absolute atomic E-state index is 0.133. The van der Waals surface area contributed by atoms with Crippen molar-refractivity contribution in [2.45, 2.75) is 13.3 Å². The van der Waals surface area contributed by atoms with Crippen LogP contribution in [0, 0.1) is 0 Å². The van der Waals surface area contributed by atoms with Crippen LogP contribution in [0.1, 0.15) is 18.9 Å². The Hall–Kier alpha value is -2.27. The molecule has 0 aromatic heterocycles. The Morgan fingerprint density at radius 2 is 1.96 bits per heavy atom. The van der Waals surface area contributed by atoms with E-state index in [1.54, 1.807) is 12.2 Å². The van der Waals surface area contributed by atoms with Gasteiger partial charge in [0.2, 0.25) is 5.78 Å². The van der Waals surface area contributed by atoms with Gasteiger partial charge in [0.15, 0.2) is 5.78 Å². The van der Waals surface area contributed by atoms with Crippen molar-refractivity contribution in [3.8, 4) is 0 Å². The number of allylic oxidation sites excluding steroid dienone is 5. The van der Waals surface area contributed by atoms with Crippen LogP contribution >= 0.6 is 15.9 Å². The molecule has 0 radical (unpaired) electrons.